The maximum Gasteiger partial charge on any atom is 0.348 e. The second-order valence-corrected chi connectivity index (χ2v) is 3.44. The molecule has 0 spiro atoms. The van der Waals surface area contributed by atoms with Gasteiger partial charge < -0.3 is 10.0 Å². The largest absolute Gasteiger partial charge is 0.394 e. The fourth-order valence-corrected chi connectivity index (χ4v) is 1.12. The van der Waals surface area contributed by atoms with Crippen LogP contribution in [-0.4, -0.2) is 34.8 Å². The van der Waals surface area contributed by atoms with E-state index in [9.17, 15) is 4.79 Å². The summed E-state index contributed by atoms with van der Waals surface area (Å²) in [7, 11) is 1.74. The number of aromatic nitrogens is 2. The van der Waals surface area contributed by atoms with E-state index in [4.69, 9.17) is 16.7 Å². The number of hydrogen-bond acceptors (Lipinski definition) is 4. The number of aromatic amines is 1. The quantitative estimate of drug-likeness (QED) is 0.790. The fourth-order valence-electron chi connectivity index (χ4n) is 0.945. The molecule has 1 heterocycles. The predicted octanol–water partition coefficient (Wildman–Crippen LogP) is 1.27. The molecule has 0 amide bonds. The van der Waals surface area contributed by atoms with Gasteiger partial charge in [0.15, 0.2) is 0 Å². The Kier molecular flexibility index (Phi) is 6.76. The third-order valence-corrected chi connectivity index (χ3v) is 2.19. The third-order valence-electron chi connectivity index (χ3n) is 1.99. The molecule has 0 aliphatic carbocycles. The molecule has 1 unspecified atom stereocenters. The molecular weight excluding hydrogens is 230 g/mol. The number of rotatable bonds is 3. The van der Waals surface area contributed by atoms with Crippen LogP contribution in [0, 0.1) is 0 Å². The van der Waals surface area contributed by atoms with Crippen LogP contribution >= 0.6 is 11.6 Å². The van der Waals surface area contributed by atoms with E-state index >= 15 is 0 Å². The Morgan fingerprint density at radius 3 is 2.62 bits per heavy atom. The Balaban J connectivity index is 0.00000106. The zero-order valence-electron chi connectivity index (χ0n) is 9.99. The molecule has 1 aromatic rings. The Morgan fingerprint density at radius 2 is 2.19 bits per heavy atom. The van der Waals surface area contributed by atoms with Crippen molar-refractivity contribution >= 4 is 17.4 Å². The van der Waals surface area contributed by atoms with E-state index in [1.54, 1.807) is 11.9 Å². The van der Waals surface area contributed by atoms with Crippen molar-refractivity contribution < 1.29 is 5.11 Å². The molecule has 6 heteroatoms. The third kappa shape index (κ3) is 4.20. The molecule has 0 aliphatic rings. The van der Waals surface area contributed by atoms with Gasteiger partial charge in [-0.25, -0.2) is 4.79 Å². The number of nitrogens with zero attached hydrogens (tertiary/aromatic N) is 2. The number of aliphatic hydroxyl groups excluding tert-OH is 1. The highest BCUT2D eigenvalue weighted by Gasteiger charge is 2.11. The lowest BCUT2D eigenvalue weighted by atomic mass is 10.3. The van der Waals surface area contributed by atoms with Crippen molar-refractivity contribution in [3.05, 3.63) is 21.7 Å². The van der Waals surface area contributed by atoms with Gasteiger partial charge in [-0.05, 0) is 6.92 Å². The summed E-state index contributed by atoms with van der Waals surface area (Å²) in [5.41, 5.74) is -0.496. The minimum atomic E-state index is -0.496. The van der Waals surface area contributed by atoms with Crippen LogP contribution in [0.1, 0.15) is 20.8 Å². The number of hydrogen-bond donors (Lipinski definition) is 2. The van der Waals surface area contributed by atoms with Gasteiger partial charge in [-0.3, -0.25) is 4.98 Å². The maximum absolute atomic E-state index is 11.0. The monoisotopic (exact) mass is 247 g/mol. The van der Waals surface area contributed by atoms with E-state index in [1.807, 2.05) is 20.8 Å². The van der Waals surface area contributed by atoms with E-state index in [1.165, 1.54) is 6.07 Å². The number of aliphatic hydroxyl groups is 1. The second kappa shape index (κ2) is 7.24. The zero-order chi connectivity index (χ0) is 12.7. The van der Waals surface area contributed by atoms with Crippen molar-refractivity contribution in [3.63, 3.8) is 0 Å². The van der Waals surface area contributed by atoms with Gasteiger partial charge in [0.05, 0.1) is 12.6 Å². The molecule has 0 aliphatic heterocycles. The number of anilines is 1. The second-order valence-electron chi connectivity index (χ2n) is 3.03. The molecule has 16 heavy (non-hydrogen) atoms. The highest BCUT2D eigenvalue weighted by molar-refractivity contribution is 6.29. The molecule has 1 aromatic heterocycles. The van der Waals surface area contributed by atoms with Crippen LogP contribution < -0.4 is 10.6 Å². The van der Waals surface area contributed by atoms with Crippen molar-refractivity contribution in [1.29, 1.82) is 0 Å². The molecule has 5 nitrogen and oxygen atoms in total. The number of H-pyrrole nitrogens is 1. The average molecular weight is 248 g/mol. The summed E-state index contributed by atoms with van der Waals surface area (Å²) in [6, 6.07) is 1.43. The normalized spacial score (nSPS) is 11.4. The molecule has 1 atom stereocenters. The highest BCUT2D eigenvalue weighted by Crippen LogP contribution is 2.12. The molecule has 92 valence electrons. The first-order chi connectivity index (χ1) is 7.54. The highest BCUT2D eigenvalue weighted by atomic mass is 35.5. The first kappa shape index (κ1) is 14.9. The first-order valence-electron chi connectivity index (χ1n) is 5.15. The predicted molar refractivity (Wildman–Crippen MR) is 66.2 cm³/mol. The van der Waals surface area contributed by atoms with Crippen LogP contribution in [-0.2, 0) is 0 Å². The number of likely N-dealkylation sites (N-methyl/N-ethyl adjacent to an activating group) is 1. The molecule has 2 N–H and O–H groups in total. The minimum Gasteiger partial charge on any atom is -0.394 e. The van der Waals surface area contributed by atoms with Crippen molar-refractivity contribution in [2.75, 3.05) is 18.6 Å². The van der Waals surface area contributed by atoms with E-state index in [0.717, 1.165) is 0 Å². The maximum atomic E-state index is 11.0. The summed E-state index contributed by atoms with van der Waals surface area (Å²) < 4.78 is 0. The van der Waals surface area contributed by atoms with Gasteiger partial charge in [0, 0.05) is 13.1 Å². The van der Waals surface area contributed by atoms with Crippen LogP contribution in [0.3, 0.4) is 0 Å². The number of halogens is 1. The zero-order valence-corrected chi connectivity index (χ0v) is 10.7. The van der Waals surface area contributed by atoms with Crippen molar-refractivity contribution in [3.8, 4) is 0 Å². The Morgan fingerprint density at radius 1 is 1.62 bits per heavy atom. The molecule has 0 saturated heterocycles. The van der Waals surface area contributed by atoms with Crippen LogP contribution in [0.15, 0.2) is 10.9 Å². The van der Waals surface area contributed by atoms with Gasteiger partial charge in [-0.2, -0.15) is 4.98 Å². The molecule has 1 rings (SSSR count). The van der Waals surface area contributed by atoms with Gasteiger partial charge in [-0.1, -0.05) is 25.4 Å². The first-order valence-corrected chi connectivity index (χ1v) is 5.53. The van der Waals surface area contributed by atoms with Crippen LogP contribution in [0.4, 0.5) is 5.82 Å². The summed E-state index contributed by atoms with van der Waals surface area (Å²) in [5, 5.41) is 9.15. The van der Waals surface area contributed by atoms with Gasteiger partial charge in [0.25, 0.3) is 0 Å². The van der Waals surface area contributed by atoms with Gasteiger partial charge in [0.2, 0.25) is 0 Å². The topological polar surface area (TPSA) is 69.2 Å². The van der Waals surface area contributed by atoms with Crippen molar-refractivity contribution in [1.82, 2.24) is 9.97 Å². The van der Waals surface area contributed by atoms with E-state index in [0.29, 0.717) is 5.82 Å². The summed E-state index contributed by atoms with van der Waals surface area (Å²) >= 11 is 5.66. The minimum absolute atomic E-state index is 0.0113. The van der Waals surface area contributed by atoms with E-state index in [2.05, 4.69) is 9.97 Å². The van der Waals surface area contributed by atoms with Gasteiger partial charge >= 0.3 is 5.69 Å². The lowest BCUT2D eigenvalue weighted by molar-refractivity contribution is 0.269. The molecular formula is C10H18ClN3O2. The summed E-state index contributed by atoms with van der Waals surface area (Å²) in [6.45, 7) is 5.80. The Hall–Kier alpha value is -1.07. The molecule has 0 bridgehead atoms. The summed E-state index contributed by atoms with van der Waals surface area (Å²) in [4.78, 5) is 18.7. The van der Waals surface area contributed by atoms with Crippen molar-refractivity contribution in [2.24, 2.45) is 0 Å². The van der Waals surface area contributed by atoms with Gasteiger partial charge in [0.1, 0.15) is 11.0 Å². The standard InChI is InChI=1S/C8H12ClN3O2.C2H6/c1-5(4-13)12(2)7-3-6(9)10-8(14)11-7;1-2/h3,5,13H,4H2,1-2H3,(H,10,11,14);1-2H3. The van der Waals surface area contributed by atoms with Crippen LogP contribution in [0.2, 0.25) is 5.15 Å². The number of nitrogens with one attached hydrogen (secondary N) is 1. The summed E-state index contributed by atoms with van der Waals surface area (Å²) in [6.07, 6.45) is 0. The molecule has 0 radical (unpaired) electrons. The van der Waals surface area contributed by atoms with E-state index in [-0.39, 0.29) is 17.8 Å². The molecule has 0 fully saturated rings. The lowest BCUT2D eigenvalue weighted by Crippen LogP contribution is -2.33. The molecule has 0 aromatic carbocycles. The summed E-state index contributed by atoms with van der Waals surface area (Å²) in [5.74, 6) is 0.445. The Bertz CT molecular complexity index is 367. The Labute approximate surface area is 100 Å². The van der Waals surface area contributed by atoms with Crippen LogP contribution in [0.25, 0.3) is 0 Å². The fraction of sp³-hybridized carbons (Fsp3) is 0.600. The SMILES string of the molecule is CC.CC(CO)N(C)c1cc(Cl)[nH]c(=O)n1. The smallest absolute Gasteiger partial charge is 0.348 e. The van der Waals surface area contributed by atoms with Gasteiger partial charge in [-0.15, -0.1) is 0 Å². The van der Waals surface area contributed by atoms with Crippen LogP contribution in [0.5, 0.6) is 0 Å². The van der Waals surface area contributed by atoms with E-state index < -0.39 is 5.69 Å². The lowest BCUT2D eigenvalue weighted by Gasteiger charge is -2.23. The van der Waals surface area contributed by atoms with Crippen molar-refractivity contribution in [2.45, 2.75) is 26.8 Å². The molecule has 0 saturated carbocycles. The average Bonchev–Trinajstić information content (AvgIpc) is 2.28.